The van der Waals surface area contributed by atoms with Gasteiger partial charge >= 0.3 is 0 Å². The van der Waals surface area contributed by atoms with Crippen LogP contribution >= 0.6 is 0 Å². The Labute approximate surface area is 87.9 Å². The van der Waals surface area contributed by atoms with Gasteiger partial charge < -0.3 is 0 Å². The molecule has 0 aliphatic heterocycles. The first-order valence-corrected chi connectivity index (χ1v) is 5.22. The normalized spacial score (nSPS) is 15.3. The molecule has 2 aromatic rings. The standard InChI is InChI=1S/C13H11NO/c15-10-5-6-13-12(7-10)11-4-2-1-3-9(11)8-14-13/h1-4,8H,5-7H2. The summed E-state index contributed by atoms with van der Waals surface area (Å²) in [5.74, 6) is 0.334. The Morgan fingerprint density at radius 1 is 1.13 bits per heavy atom. The van der Waals surface area contributed by atoms with Gasteiger partial charge in [0.2, 0.25) is 0 Å². The third-order valence-corrected chi connectivity index (χ3v) is 3.01. The van der Waals surface area contributed by atoms with Crippen LogP contribution in [0.15, 0.2) is 30.5 Å². The van der Waals surface area contributed by atoms with E-state index < -0.39 is 0 Å². The predicted octanol–water partition coefficient (Wildman–Crippen LogP) is 2.29. The fourth-order valence-corrected chi connectivity index (χ4v) is 2.22. The first-order valence-electron chi connectivity index (χ1n) is 5.22. The molecule has 15 heavy (non-hydrogen) atoms. The number of ketones is 1. The van der Waals surface area contributed by atoms with E-state index in [0.29, 0.717) is 18.6 Å². The summed E-state index contributed by atoms with van der Waals surface area (Å²) in [6.45, 7) is 0. The molecule has 2 heteroatoms. The van der Waals surface area contributed by atoms with Crippen molar-refractivity contribution < 1.29 is 4.79 Å². The molecule has 0 N–H and O–H groups in total. The molecule has 2 nitrogen and oxygen atoms in total. The number of aryl methyl sites for hydroxylation is 1. The summed E-state index contributed by atoms with van der Waals surface area (Å²) in [5.41, 5.74) is 2.25. The summed E-state index contributed by atoms with van der Waals surface area (Å²) in [6, 6.07) is 8.14. The number of fused-ring (bicyclic) bond motifs is 3. The Kier molecular flexibility index (Phi) is 1.81. The van der Waals surface area contributed by atoms with Crippen molar-refractivity contribution in [2.24, 2.45) is 0 Å². The van der Waals surface area contributed by atoms with Gasteiger partial charge in [-0.05, 0) is 17.4 Å². The molecule has 0 radical (unpaired) electrons. The fourth-order valence-electron chi connectivity index (χ4n) is 2.22. The van der Waals surface area contributed by atoms with Gasteiger partial charge in [-0.1, -0.05) is 24.3 Å². The minimum Gasteiger partial charge on any atom is -0.299 e. The highest BCUT2D eigenvalue weighted by Gasteiger charge is 2.18. The van der Waals surface area contributed by atoms with Gasteiger partial charge in [0.05, 0.1) is 0 Å². The average Bonchev–Trinajstić information content (AvgIpc) is 2.29. The third kappa shape index (κ3) is 1.33. The lowest BCUT2D eigenvalue weighted by atomic mass is 9.91. The molecular weight excluding hydrogens is 186 g/mol. The van der Waals surface area contributed by atoms with E-state index >= 15 is 0 Å². The lowest BCUT2D eigenvalue weighted by Crippen LogP contribution is -2.14. The number of hydrogen-bond acceptors (Lipinski definition) is 2. The number of nitrogens with zero attached hydrogens (tertiary/aromatic N) is 1. The van der Waals surface area contributed by atoms with Gasteiger partial charge in [-0.3, -0.25) is 9.78 Å². The number of carbonyl (C=O) groups is 1. The van der Waals surface area contributed by atoms with E-state index in [0.717, 1.165) is 23.1 Å². The molecule has 1 heterocycles. The topological polar surface area (TPSA) is 30.0 Å². The first kappa shape index (κ1) is 8.60. The summed E-state index contributed by atoms with van der Waals surface area (Å²) in [4.78, 5) is 15.9. The Morgan fingerprint density at radius 3 is 2.93 bits per heavy atom. The second kappa shape index (κ2) is 3.16. The van der Waals surface area contributed by atoms with E-state index in [4.69, 9.17) is 0 Å². The molecule has 1 aliphatic rings. The number of rotatable bonds is 0. The zero-order valence-electron chi connectivity index (χ0n) is 8.36. The Balaban J connectivity index is 2.32. The van der Waals surface area contributed by atoms with E-state index in [9.17, 15) is 4.79 Å². The molecule has 0 saturated carbocycles. The van der Waals surface area contributed by atoms with Gasteiger partial charge in [-0.2, -0.15) is 0 Å². The number of hydrogen-bond donors (Lipinski definition) is 0. The van der Waals surface area contributed by atoms with E-state index in [2.05, 4.69) is 11.1 Å². The SMILES string of the molecule is O=C1CCc2ncc3ccccc3c2C1. The molecule has 74 valence electrons. The van der Waals surface area contributed by atoms with Crippen LogP contribution in [0.5, 0.6) is 0 Å². The molecule has 0 atom stereocenters. The number of carbonyl (C=O) groups excluding carboxylic acids is 1. The fraction of sp³-hybridized carbons (Fsp3) is 0.231. The van der Waals surface area contributed by atoms with Crippen LogP contribution in [0.3, 0.4) is 0 Å². The molecule has 0 unspecified atom stereocenters. The van der Waals surface area contributed by atoms with Gasteiger partial charge in [0.15, 0.2) is 0 Å². The zero-order chi connectivity index (χ0) is 10.3. The molecule has 1 aliphatic carbocycles. The molecule has 0 spiro atoms. The molecule has 3 rings (SSSR count). The van der Waals surface area contributed by atoms with Crippen molar-refractivity contribution >= 4 is 16.6 Å². The number of benzene rings is 1. The summed E-state index contributed by atoms with van der Waals surface area (Å²) < 4.78 is 0. The van der Waals surface area contributed by atoms with Crippen molar-refractivity contribution in [2.75, 3.05) is 0 Å². The molecule has 0 amide bonds. The molecule has 1 aromatic carbocycles. The Bertz CT molecular complexity index is 545. The highest BCUT2D eigenvalue weighted by Crippen LogP contribution is 2.25. The molecule has 0 saturated heterocycles. The monoisotopic (exact) mass is 197 g/mol. The molecule has 0 bridgehead atoms. The second-order valence-corrected chi connectivity index (χ2v) is 3.99. The summed E-state index contributed by atoms with van der Waals surface area (Å²) in [6.07, 6.45) is 3.92. The number of pyridine rings is 1. The maximum atomic E-state index is 11.4. The van der Waals surface area contributed by atoms with Crippen LogP contribution < -0.4 is 0 Å². The van der Waals surface area contributed by atoms with E-state index in [1.807, 2.05) is 24.4 Å². The average molecular weight is 197 g/mol. The smallest absolute Gasteiger partial charge is 0.137 e. The number of aromatic nitrogens is 1. The van der Waals surface area contributed by atoms with Crippen molar-refractivity contribution in [1.82, 2.24) is 4.98 Å². The quantitative estimate of drug-likeness (QED) is 0.648. The maximum Gasteiger partial charge on any atom is 0.137 e. The predicted molar refractivity (Wildman–Crippen MR) is 58.8 cm³/mol. The highest BCUT2D eigenvalue weighted by molar-refractivity contribution is 5.92. The van der Waals surface area contributed by atoms with Crippen LogP contribution in [0.25, 0.3) is 10.8 Å². The van der Waals surface area contributed by atoms with E-state index in [1.165, 1.54) is 5.39 Å². The van der Waals surface area contributed by atoms with Gasteiger partial charge in [0.1, 0.15) is 5.78 Å². The van der Waals surface area contributed by atoms with Crippen LogP contribution in [0, 0.1) is 0 Å². The molecular formula is C13H11NO. The van der Waals surface area contributed by atoms with Crippen LogP contribution in [0.1, 0.15) is 17.7 Å². The Hall–Kier alpha value is -1.70. The van der Waals surface area contributed by atoms with Gasteiger partial charge in [-0.25, -0.2) is 0 Å². The Morgan fingerprint density at radius 2 is 2.00 bits per heavy atom. The van der Waals surface area contributed by atoms with Crippen LogP contribution in [0.2, 0.25) is 0 Å². The maximum absolute atomic E-state index is 11.4. The number of Topliss-reactive ketones (excluding diaryl/α,β-unsaturated/α-hetero) is 1. The second-order valence-electron chi connectivity index (χ2n) is 3.99. The minimum atomic E-state index is 0.334. The summed E-state index contributed by atoms with van der Waals surface area (Å²) >= 11 is 0. The third-order valence-electron chi connectivity index (χ3n) is 3.01. The molecule has 1 aromatic heterocycles. The van der Waals surface area contributed by atoms with Crippen LogP contribution in [0.4, 0.5) is 0 Å². The van der Waals surface area contributed by atoms with Crippen LogP contribution in [-0.2, 0) is 17.6 Å². The highest BCUT2D eigenvalue weighted by atomic mass is 16.1. The van der Waals surface area contributed by atoms with Gasteiger partial charge in [0.25, 0.3) is 0 Å². The molecule has 0 fully saturated rings. The van der Waals surface area contributed by atoms with Crippen molar-refractivity contribution in [3.8, 4) is 0 Å². The lowest BCUT2D eigenvalue weighted by molar-refractivity contribution is -0.118. The van der Waals surface area contributed by atoms with E-state index in [1.54, 1.807) is 0 Å². The minimum absolute atomic E-state index is 0.334. The van der Waals surface area contributed by atoms with E-state index in [-0.39, 0.29) is 0 Å². The van der Waals surface area contributed by atoms with Crippen molar-refractivity contribution in [1.29, 1.82) is 0 Å². The van der Waals surface area contributed by atoms with Gasteiger partial charge in [-0.15, -0.1) is 0 Å². The lowest BCUT2D eigenvalue weighted by Gasteiger charge is -2.15. The zero-order valence-corrected chi connectivity index (χ0v) is 8.36. The summed E-state index contributed by atoms with van der Waals surface area (Å²) in [5, 5.41) is 2.32. The summed E-state index contributed by atoms with van der Waals surface area (Å²) in [7, 11) is 0. The van der Waals surface area contributed by atoms with Crippen LogP contribution in [-0.4, -0.2) is 10.8 Å². The van der Waals surface area contributed by atoms with Crippen molar-refractivity contribution in [3.05, 3.63) is 41.7 Å². The largest absolute Gasteiger partial charge is 0.299 e. The van der Waals surface area contributed by atoms with Crippen molar-refractivity contribution in [2.45, 2.75) is 19.3 Å². The van der Waals surface area contributed by atoms with Crippen molar-refractivity contribution in [3.63, 3.8) is 0 Å². The van der Waals surface area contributed by atoms with Gasteiger partial charge in [0, 0.05) is 30.1 Å². The first-order chi connectivity index (χ1) is 7.34.